The highest BCUT2D eigenvalue weighted by Gasteiger charge is 2.34. The Bertz CT molecular complexity index is 814. The smallest absolute Gasteiger partial charge is 0.414 e. The van der Waals surface area contributed by atoms with Gasteiger partial charge >= 0.3 is 6.09 Å². The van der Waals surface area contributed by atoms with Gasteiger partial charge in [0, 0.05) is 39.1 Å². The van der Waals surface area contributed by atoms with Gasteiger partial charge in [0.05, 0.1) is 31.9 Å². The SMILES string of the molecule is CC(=O)NC[C@H]1CN(c2cc(F)c(N3CCCON(C(C)=O)CC3)c(F)c2)C(=O)O1. The third-order valence-electron chi connectivity index (χ3n) is 4.83. The summed E-state index contributed by atoms with van der Waals surface area (Å²) in [4.78, 5) is 42.6. The first-order chi connectivity index (χ1) is 14.3. The van der Waals surface area contributed by atoms with E-state index in [4.69, 9.17) is 9.57 Å². The lowest BCUT2D eigenvalue weighted by atomic mass is 10.2. The summed E-state index contributed by atoms with van der Waals surface area (Å²) in [5.74, 6) is -2.19. The molecule has 0 aromatic heterocycles. The van der Waals surface area contributed by atoms with E-state index in [-0.39, 0.29) is 56.0 Å². The second kappa shape index (κ2) is 9.24. The Hall–Kier alpha value is -2.95. The van der Waals surface area contributed by atoms with E-state index < -0.39 is 23.8 Å². The first-order valence-corrected chi connectivity index (χ1v) is 9.64. The number of cyclic esters (lactones) is 1. The fourth-order valence-corrected chi connectivity index (χ4v) is 3.40. The van der Waals surface area contributed by atoms with Crippen molar-refractivity contribution in [2.75, 3.05) is 49.1 Å². The third-order valence-corrected chi connectivity index (χ3v) is 4.83. The highest BCUT2D eigenvalue weighted by molar-refractivity contribution is 5.90. The second-order valence-electron chi connectivity index (χ2n) is 7.11. The van der Waals surface area contributed by atoms with Gasteiger partial charge in [0.25, 0.3) is 0 Å². The van der Waals surface area contributed by atoms with Crippen LogP contribution in [0.4, 0.5) is 25.0 Å². The molecule has 3 amide bonds. The Balaban J connectivity index is 1.76. The lowest BCUT2D eigenvalue weighted by Gasteiger charge is -2.32. The summed E-state index contributed by atoms with van der Waals surface area (Å²) in [7, 11) is 0. The maximum Gasteiger partial charge on any atom is 0.414 e. The van der Waals surface area contributed by atoms with E-state index in [0.717, 1.165) is 17.0 Å². The van der Waals surface area contributed by atoms with Gasteiger partial charge in [-0.25, -0.2) is 18.6 Å². The van der Waals surface area contributed by atoms with Crippen LogP contribution in [0, 0.1) is 11.6 Å². The molecule has 0 bridgehead atoms. The molecule has 1 aromatic carbocycles. The summed E-state index contributed by atoms with van der Waals surface area (Å²) in [6.07, 6.45) is -0.871. The lowest BCUT2D eigenvalue weighted by Crippen LogP contribution is -2.42. The molecule has 2 aliphatic heterocycles. The highest BCUT2D eigenvalue weighted by Crippen LogP contribution is 2.31. The first-order valence-electron chi connectivity index (χ1n) is 9.64. The zero-order valence-electron chi connectivity index (χ0n) is 16.8. The van der Waals surface area contributed by atoms with Gasteiger partial charge in [-0.3, -0.25) is 19.3 Å². The summed E-state index contributed by atoms with van der Waals surface area (Å²) in [5, 5.41) is 3.71. The Labute approximate surface area is 172 Å². The van der Waals surface area contributed by atoms with Gasteiger partial charge < -0.3 is 15.0 Å². The Morgan fingerprint density at radius 2 is 1.87 bits per heavy atom. The maximum atomic E-state index is 14.9. The second-order valence-corrected chi connectivity index (χ2v) is 7.11. The van der Waals surface area contributed by atoms with Gasteiger partial charge in [0.2, 0.25) is 11.8 Å². The topological polar surface area (TPSA) is 91.4 Å². The van der Waals surface area contributed by atoms with Crippen LogP contribution in [-0.4, -0.2) is 68.4 Å². The van der Waals surface area contributed by atoms with E-state index in [1.807, 2.05) is 0 Å². The zero-order chi connectivity index (χ0) is 21.8. The Morgan fingerprint density at radius 3 is 2.50 bits per heavy atom. The van der Waals surface area contributed by atoms with Crippen molar-refractivity contribution < 1.29 is 32.7 Å². The highest BCUT2D eigenvalue weighted by atomic mass is 19.1. The number of hydrogen-bond acceptors (Lipinski definition) is 6. The predicted octanol–water partition coefficient (Wildman–Crippen LogP) is 1.42. The molecule has 2 heterocycles. The molecule has 2 aliphatic rings. The standard InChI is InChI=1S/C19H24F2N4O5/c1-12(26)22-10-15-11-24(19(28)30-15)14-8-16(20)18(17(21)9-14)23-4-3-7-29-25(6-5-23)13(2)27/h8-9,15H,3-7,10-11H2,1-2H3,(H,22,26)/t15-/m0/s1. The van der Waals surface area contributed by atoms with Crippen LogP contribution in [-0.2, 0) is 19.2 Å². The maximum absolute atomic E-state index is 14.9. The minimum Gasteiger partial charge on any atom is -0.442 e. The Morgan fingerprint density at radius 1 is 1.17 bits per heavy atom. The molecule has 9 nitrogen and oxygen atoms in total. The molecular weight excluding hydrogens is 402 g/mol. The van der Waals surface area contributed by atoms with Crippen molar-refractivity contribution in [3.8, 4) is 0 Å². The molecule has 30 heavy (non-hydrogen) atoms. The van der Waals surface area contributed by atoms with Crippen LogP contribution in [0.25, 0.3) is 0 Å². The number of carbonyl (C=O) groups is 3. The fourth-order valence-electron chi connectivity index (χ4n) is 3.40. The van der Waals surface area contributed by atoms with Gasteiger partial charge in [-0.2, -0.15) is 0 Å². The summed E-state index contributed by atoms with van der Waals surface area (Å²) in [5.41, 5.74) is -0.184. The third kappa shape index (κ3) is 4.96. The molecule has 11 heteroatoms. The van der Waals surface area contributed by atoms with Crippen LogP contribution in [0.5, 0.6) is 0 Å². The van der Waals surface area contributed by atoms with Crippen molar-refractivity contribution in [1.82, 2.24) is 10.4 Å². The van der Waals surface area contributed by atoms with Crippen LogP contribution in [0.3, 0.4) is 0 Å². The number of nitrogens with zero attached hydrogens (tertiary/aromatic N) is 3. The van der Waals surface area contributed by atoms with Crippen molar-refractivity contribution in [1.29, 1.82) is 0 Å². The number of amides is 3. The number of halogens is 2. The molecule has 0 unspecified atom stereocenters. The van der Waals surface area contributed by atoms with Crippen LogP contribution >= 0.6 is 0 Å². The number of rotatable bonds is 4. The van der Waals surface area contributed by atoms with E-state index in [2.05, 4.69) is 5.32 Å². The van der Waals surface area contributed by atoms with Crippen molar-refractivity contribution in [2.24, 2.45) is 0 Å². The number of benzene rings is 1. The van der Waals surface area contributed by atoms with Crippen molar-refractivity contribution in [3.05, 3.63) is 23.8 Å². The number of carbonyl (C=O) groups excluding carboxylic acids is 3. The monoisotopic (exact) mass is 426 g/mol. The van der Waals surface area contributed by atoms with Gasteiger partial charge in [-0.05, 0) is 6.42 Å². The molecule has 3 rings (SSSR count). The normalized spacial score (nSPS) is 19.9. The number of hydrogen-bond donors (Lipinski definition) is 1. The van der Waals surface area contributed by atoms with E-state index >= 15 is 0 Å². The fraction of sp³-hybridized carbons (Fsp3) is 0.526. The number of anilines is 2. The first kappa shape index (κ1) is 21.8. The molecular formula is C19H24F2N4O5. The minimum atomic E-state index is -0.820. The number of ether oxygens (including phenoxy) is 1. The molecule has 0 spiro atoms. The molecule has 0 aliphatic carbocycles. The van der Waals surface area contributed by atoms with E-state index in [0.29, 0.717) is 13.0 Å². The van der Waals surface area contributed by atoms with E-state index in [1.54, 1.807) is 0 Å². The van der Waals surface area contributed by atoms with Gasteiger partial charge in [0.1, 0.15) is 11.8 Å². The predicted molar refractivity (Wildman–Crippen MR) is 103 cm³/mol. The molecule has 1 aromatic rings. The van der Waals surface area contributed by atoms with E-state index in [1.165, 1.54) is 23.8 Å². The summed E-state index contributed by atoms with van der Waals surface area (Å²) in [6, 6.07) is 2.16. The molecule has 0 saturated carbocycles. The average Bonchev–Trinajstić information content (AvgIpc) is 3.01. The number of hydroxylamine groups is 2. The van der Waals surface area contributed by atoms with Gasteiger partial charge in [-0.15, -0.1) is 0 Å². The number of nitrogens with one attached hydrogen (secondary N) is 1. The minimum absolute atomic E-state index is 0.0322. The van der Waals surface area contributed by atoms with Gasteiger partial charge in [-0.1, -0.05) is 0 Å². The molecule has 2 fully saturated rings. The van der Waals surface area contributed by atoms with Crippen molar-refractivity contribution >= 4 is 29.3 Å². The van der Waals surface area contributed by atoms with Crippen molar-refractivity contribution in [2.45, 2.75) is 26.4 Å². The molecule has 164 valence electrons. The van der Waals surface area contributed by atoms with Gasteiger partial charge in [0.15, 0.2) is 11.6 Å². The van der Waals surface area contributed by atoms with E-state index in [9.17, 15) is 23.2 Å². The van der Waals surface area contributed by atoms with Crippen LogP contribution in [0.15, 0.2) is 12.1 Å². The van der Waals surface area contributed by atoms with Crippen molar-refractivity contribution in [3.63, 3.8) is 0 Å². The summed E-state index contributed by atoms with van der Waals surface area (Å²) in [6.45, 7) is 3.84. The van der Waals surface area contributed by atoms with Crippen LogP contribution < -0.4 is 15.1 Å². The average molecular weight is 426 g/mol. The van der Waals surface area contributed by atoms with Crippen LogP contribution in [0.1, 0.15) is 20.3 Å². The molecule has 1 N–H and O–H groups in total. The molecule has 1 atom stereocenters. The summed E-state index contributed by atoms with van der Waals surface area (Å²) >= 11 is 0. The lowest BCUT2D eigenvalue weighted by molar-refractivity contribution is -0.185. The molecule has 2 saturated heterocycles. The zero-order valence-corrected chi connectivity index (χ0v) is 16.8. The van der Waals surface area contributed by atoms with Crippen LogP contribution in [0.2, 0.25) is 0 Å². The molecule has 0 radical (unpaired) electrons. The largest absolute Gasteiger partial charge is 0.442 e. The quantitative estimate of drug-likeness (QED) is 0.783. The Kier molecular flexibility index (Phi) is 6.70. The summed E-state index contributed by atoms with van der Waals surface area (Å²) < 4.78 is 34.9.